The van der Waals surface area contributed by atoms with Crippen LogP contribution in [0.2, 0.25) is 0 Å². The molecule has 0 aliphatic carbocycles. The number of likely N-dealkylation sites (tertiary alicyclic amines) is 1. The molecule has 4 rings (SSSR count). The number of amides is 2. The number of rotatable bonds is 6. The van der Waals surface area contributed by atoms with Gasteiger partial charge in [-0.05, 0) is 49.8 Å². The minimum Gasteiger partial charge on any atom is -0.381 e. The smallest absolute Gasteiger partial charge is 0.265 e. The van der Waals surface area contributed by atoms with Gasteiger partial charge in [0.25, 0.3) is 5.91 Å². The summed E-state index contributed by atoms with van der Waals surface area (Å²) in [4.78, 5) is 31.0. The molecule has 2 aromatic rings. The summed E-state index contributed by atoms with van der Waals surface area (Å²) >= 11 is 0. The summed E-state index contributed by atoms with van der Waals surface area (Å²) in [6, 6.07) is 10.5. The van der Waals surface area contributed by atoms with Crippen LogP contribution in [0.15, 0.2) is 47.5 Å². The first kappa shape index (κ1) is 27.1. The second-order valence-electron chi connectivity index (χ2n) is 8.75. The van der Waals surface area contributed by atoms with Crippen molar-refractivity contribution in [1.29, 1.82) is 0 Å². The quantitative estimate of drug-likeness (QED) is 0.440. The molecule has 3 heterocycles. The van der Waals surface area contributed by atoms with Gasteiger partial charge in [-0.15, -0.1) is 12.4 Å². The minimum absolute atomic E-state index is 0. The van der Waals surface area contributed by atoms with E-state index in [1.54, 1.807) is 6.07 Å². The largest absolute Gasteiger partial charge is 0.381 e. The number of sulfone groups is 1. The Morgan fingerprint density at radius 3 is 2.26 bits per heavy atom. The van der Waals surface area contributed by atoms with E-state index in [0.29, 0.717) is 12.1 Å². The highest BCUT2D eigenvalue weighted by Crippen LogP contribution is 2.35. The van der Waals surface area contributed by atoms with Crippen molar-refractivity contribution in [2.45, 2.75) is 48.2 Å². The molecule has 2 aliphatic heterocycles. The van der Waals surface area contributed by atoms with Crippen molar-refractivity contribution in [3.05, 3.63) is 48.2 Å². The lowest BCUT2D eigenvalue weighted by molar-refractivity contribution is -0.134. The summed E-state index contributed by atoms with van der Waals surface area (Å²) < 4.78 is 30.1. The first-order valence-corrected chi connectivity index (χ1v) is 13.0. The number of benzene rings is 1. The van der Waals surface area contributed by atoms with Gasteiger partial charge in [0.15, 0.2) is 14.6 Å². The molecule has 1 aromatic carbocycles. The van der Waals surface area contributed by atoms with Gasteiger partial charge in [-0.25, -0.2) is 13.9 Å². The second-order valence-corrected chi connectivity index (χ2v) is 11.0. The number of pyridine rings is 1. The Labute approximate surface area is 211 Å². The van der Waals surface area contributed by atoms with Gasteiger partial charge in [0.2, 0.25) is 5.91 Å². The van der Waals surface area contributed by atoms with E-state index >= 15 is 0 Å². The Morgan fingerprint density at radius 2 is 1.69 bits per heavy atom. The summed E-state index contributed by atoms with van der Waals surface area (Å²) in [5.74, 6) is -0.830. The van der Waals surface area contributed by atoms with Crippen LogP contribution in [-0.2, 0) is 30.6 Å². The van der Waals surface area contributed by atoms with Crippen molar-refractivity contribution in [2.75, 3.05) is 26.3 Å². The van der Waals surface area contributed by atoms with Crippen LogP contribution in [-0.4, -0.2) is 66.4 Å². The summed E-state index contributed by atoms with van der Waals surface area (Å²) in [7, 11) is -4.12. The normalized spacial score (nSPS) is 17.8. The summed E-state index contributed by atoms with van der Waals surface area (Å²) in [6.45, 7) is 1.85. The molecule has 35 heavy (non-hydrogen) atoms. The number of nitrogens with zero attached hydrogens (tertiary/aromatic N) is 2. The van der Waals surface area contributed by atoms with Gasteiger partial charge in [0.1, 0.15) is 0 Å². The van der Waals surface area contributed by atoms with E-state index in [1.165, 1.54) is 24.2 Å². The first-order chi connectivity index (χ1) is 16.4. The molecular weight excluding hydrogens is 494 g/mol. The highest BCUT2D eigenvalue weighted by Gasteiger charge is 2.52. The van der Waals surface area contributed by atoms with Gasteiger partial charge in [0, 0.05) is 38.1 Å². The zero-order chi connectivity index (χ0) is 24.2. The molecule has 0 spiro atoms. The lowest BCUT2D eigenvalue weighted by Crippen LogP contribution is -2.54. The summed E-state index contributed by atoms with van der Waals surface area (Å²) in [6.07, 6.45) is 4.77. The molecule has 0 saturated carbocycles. The van der Waals surface area contributed by atoms with Crippen LogP contribution < -0.4 is 5.48 Å². The van der Waals surface area contributed by atoms with Gasteiger partial charge in [-0.1, -0.05) is 24.3 Å². The first-order valence-electron chi connectivity index (χ1n) is 11.5. The molecule has 11 heteroatoms. The average molecular weight is 524 g/mol. The van der Waals surface area contributed by atoms with Crippen molar-refractivity contribution >= 4 is 34.1 Å². The number of hydrogen-bond donors (Lipinski definition) is 2. The van der Waals surface area contributed by atoms with Crippen LogP contribution >= 0.6 is 12.4 Å². The maximum absolute atomic E-state index is 13.3. The average Bonchev–Trinajstić information content (AvgIpc) is 2.89. The molecule has 9 nitrogen and oxygen atoms in total. The second kappa shape index (κ2) is 11.5. The SMILES string of the molecule is Cl.O=C(Cc1ccc(-c2ccc(S(=O)(=O)C3(C(=O)NO)CCOCC3)cn2)cc1)N1CCCCC1. The van der Waals surface area contributed by atoms with Crippen LogP contribution in [0, 0.1) is 0 Å². The third kappa shape index (κ3) is 5.50. The van der Waals surface area contributed by atoms with Crippen LogP contribution in [0.25, 0.3) is 11.3 Å². The third-order valence-electron chi connectivity index (χ3n) is 6.69. The Balaban J connectivity index is 0.00000342. The number of ether oxygens (including phenoxy) is 1. The minimum atomic E-state index is -4.12. The predicted octanol–water partition coefficient (Wildman–Crippen LogP) is 2.55. The van der Waals surface area contributed by atoms with E-state index in [4.69, 9.17) is 9.94 Å². The lowest BCUT2D eigenvalue weighted by atomic mass is 9.98. The molecular formula is C24H30ClN3O6S. The highest BCUT2D eigenvalue weighted by molar-refractivity contribution is 7.93. The van der Waals surface area contributed by atoms with Gasteiger partial charge in [0.05, 0.1) is 17.0 Å². The topological polar surface area (TPSA) is 126 Å². The van der Waals surface area contributed by atoms with E-state index in [-0.39, 0.29) is 49.3 Å². The molecule has 0 bridgehead atoms. The van der Waals surface area contributed by atoms with Crippen molar-refractivity contribution in [2.24, 2.45) is 0 Å². The highest BCUT2D eigenvalue weighted by atomic mass is 35.5. The van der Waals surface area contributed by atoms with Crippen LogP contribution in [0.3, 0.4) is 0 Å². The number of hydroxylamine groups is 1. The molecule has 0 atom stereocenters. The van der Waals surface area contributed by atoms with Crippen LogP contribution in [0.4, 0.5) is 0 Å². The number of carbonyl (C=O) groups is 2. The van der Waals surface area contributed by atoms with Gasteiger partial charge < -0.3 is 9.64 Å². The van der Waals surface area contributed by atoms with E-state index in [1.807, 2.05) is 29.2 Å². The zero-order valence-electron chi connectivity index (χ0n) is 19.3. The maximum atomic E-state index is 13.3. The molecule has 2 saturated heterocycles. The third-order valence-corrected chi connectivity index (χ3v) is 9.18. The predicted molar refractivity (Wildman–Crippen MR) is 131 cm³/mol. The Hall–Kier alpha value is -2.53. The monoisotopic (exact) mass is 523 g/mol. The Kier molecular flexibility index (Phi) is 8.87. The summed E-state index contributed by atoms with van der Waals surface area (Å²) in [5, 5.41) is 9.16. The number of aromatic nitrogens is 1. The Morgan fingerprint density at radius 1 is 1.03 bits per heavy atom. The van der Waals surface area contributed by atoms with Crippen molar-refractivity contribution in [3.63, 3.8) is 0 Å². The molecule has 2 fully saturated rings. The fraction of sp³-hybridized carbons (Fsp3) is 0.458. The molecule has 2 N–H and O–H groups in total. The number of hydrogen-bond acceptors (Lipinski definition) is 7. The van der Waals surface area contributed by atoms with Crippen molar-refractivity contribution < 1.29 is 28.0 Å². The number of carbonyl (C=O) groups excluding carboxylic acids is 2. The van der Waals surface area contributed by atoms with Gasteiger partial charge >= 0.3 is 0 Å². The van der Waals surface area contributed by atoms with E-state index in [9.17, 15) is 18.0 Å². The fourth-order valence-corrected chi connectivity index (χ4v) is 6.46. The number of piperidine rings is 1. The molecule has 0 radical (unpaired) electrons. The Bertz CT molecular complexity index is 1130. The van der Waals surface area contributed by atoms with E-state index in [0.717, 1.165) is 37.1 Å². The molecule has 2 aliphatic rings. The van der Waals surface area contributed by atoms with Crippen molar-refractivity contribution in [1.82, 2.24) is 15.4 Å². The zero-order valence-corrected chi connectivity index (χ0v) is 20.9. The number of halogens is 1. The molecule has 2 amide bonds. The maximum Gasteiger partial charge on any atom is 0.265 e. The van der Waals surface area contributed by atoms with Gasteiger partial charge in [-0.2, -0.15) is 0 Å². The van der Waals surface area contributed by atoms with Gasteiger partial charge in [-0.3, -0.25) is 19.8 Å². The summed E-state index contributed by atoms with van der Waals surface area (Å²) in [5.41, 5.74) is 3.77. The standard InChI is InChI=1S/C24H29N3O6S.ClH/c28-22(27-12-2-1-3-13-27)16-18-4-6-19(7-5-18)21-9-8-20(17-25-21)34(31,32)24(23(29)26-30)10-14-33-15-11-24;/h4-9,17,30H,1-3,10-16H2,(H,26,29);1H. The molecule has 190 valence electrons. The lowest BCUT2D eigenvalue weighted by Gasteiger charge is -2.34. The fourth-order valence-electron chi connectivity index (χ4n) is 4.58. The van der Waals surface area contributed by atoms with Crippen LogP contribution in [0.5, 0.6) is 0 Å². The van der Waals surface area contributed by atoms with Crippen molar-refractivity contribution in [3.8, 4) is 11.3 Å². The van der Waals surface area contributed by atoms with Crippen LogP contribution in [0.1, 0.15) is 37.7 Å². The number of nitrogens with one attached hydrogen (secondary N) is 1. The molecule has 1 aromatic heterocycles. The molecule has 0 unspecified atom stereocenters. The van der Waals surface area contributed by atoms with E-state index in [2.05, 4.69) is 4.98 Å². The van der Waals surface area contributed by atoms with E-state index < -0.39 is 20.5 Å².